The van der Waals surface area contributed by atoms with Crippen LogP contribution in [0.3, 0.4) is 0 Å². The Morgan fingerprint density at radius 1 is 1.48 bits per heavy atom. The van der Waals surface area contributed by atoms with Crippen molar-refractivity contribution in [2.24, 2.45) is 0 Å². The molecule has 0 radical (unpaired) electrons. The first kappa shape index (κ1) is 16.5. The first-order valence-electron chi connectivity index (χ1n) is 7.34. The van der Waals surface area contributed by atoms with Crippen molar-refractivity contribution in [2.75, 3.05) is 7.11 Å². The minimum atomic E-state index is -0.123. The van der Waals surface area contributed by atoms with Crippen LogP contribution in [0.1, 0.15) is 28.4 Å². The molecule has 0 amide bonds. The molecule has 2 aromatic rings. The number of carbonyl (C=O) groups is 1. The van der Waals surface area contributed by atoms with Crippen LogP contribution < -0.4 is 4.74 Å². The molecule has 1 aromatic heterocycles. The number of rotatable bonds is 7. The van der Waals surface area contributed by atoms with Gasteiger partial charge < -0.3 is 9.84 Å². The van der Waals surface area contributed by atoms with Crippen molar-refractivity contribution in [3.8, 4) is 11.5 Å². The predicted molar refractivity (Wildman–Crippen MR) is 89.8 cm³/mol. The Hall–Kier alpha value is -2.82. The van der Waals surface area contributed by atoms with E-state index in [1.54, 1.807) is 41.4 Å². The molecule has 1 N–H and O–H groups in total. The van der Waals surface area contributed by atoms with Crippen molar-refractivity contribution in [3.63, 3.8) is 0 Å². The van der Waals surface area contributed by atoms with E-state index < -0.39 is 0 Å². The van der Waals surface area contributed by atoms with Crippen molar-refractivity contribution in [3.05, 3.63) is 59.9 Å². The van der Waals surface area contributed by atoms with E-state index in [1.807, 2.05) is 6.92 Å². The van der Waals surface area contributed by atoms with Gasteiger partial charge in [-0.05, 0) is 37.1 Å². The van der Waals surface area contributed by atoms with Crippen LogP contribution in [-0.4, -0.2) is 27.8 Å². The number of hydrogen-bond donors (Lipinski definition) is 1. The number of ketones is 1. The number of benzene rings is 1. The van der Waals surface area contributed by atoms with Crippen LogP contribution in [0.5, 0.6) is 11.5 Å². The third kappa shape index (κ3) is 3.88. The summed E-state index contributed by atoms with van der Waals surface area (Å²) in [5.41, 5.74) is 2.01. The third-order valence-corrected chi connectivity index (χ3v) is 3.43. The zero-order chi connectivity index (χ0) is 16.8. The molecule has 120 valence electrons. The summed E-state index contributed by atoms with van der Waals surface area (Å²) in [6.45, 7) is 6.35. The number of aryl methyl sites for hydroxylation is 1. The molecule has 0 aliphatic heterocycles. The Balaban J connectivity index is 2.25. The highest BCUT2D eigenvalue weighted by atomic mass is 16.5. The number of phenolic OH excluding ortho intramolecular Hbond substituents is 1. The lowest BCUT2D eigenvalue weighted by molar-refractivity contribution is 0.104. The van der Waals surface area contributed by atoms with Gasteiger partial charge in [-0.3, -0.25) is 9.48 Å². The summed E-state index contributed by atoms with van der Waals surface area (Å²) >= 11 is 0. The molecule has 5 heteroatoms. The van der Waals surface area contributed by atoms with E-state index >= 15 is 0 Å². The number of aromatic nitrogens is 2. The van der Waals surface area contributed by atoms with Crippen LogP contribution in [-0.2, 0) is 13.0 Å². The normalized spacial score (nSPS) is 10.9. The summed E-state index contributed by atoms with van der Waals surface area (Å²) in [7, 11) is 1.49. The van der Waals surface area contributed by atoms with Gasteiger partial charge in [0.2, 0.25) is 0 Å². The van der Waals surface area contributed by atoms with Crippen LogP contribution >= 0.6 is 0 Å². The van der Waals surface area contributed by atoms with Crippen molar-refractivity contribution in [1.82, 2.24) is 9.78 Å². The number of nitrogens with zero attached hydrogens (tertiary/aromatic N) is 2. The van der Waals surface area contributed by atoms with E-state index in [2.05, 4.69) is 11.7 Å². The Labute approximate surface area is 135 Å². The molecule has 0 spiro atoms. The lowest BCUT2D eigenvalue weighted by atomic mass is 10.0. The summed E-state index contributed by atoms with van der Waals surface area (Å²) < 4.78 is 6.87. The number of methoxy groups -OCH3 is 1. The summed E-state index contributed by atoms with van der Waals surface area (Å²) in [6, 6.07) is 3.49. The Bertz CT molecular complexity index is 745. The summed E-state index contributed by atoms with van der Waals surface area (Å²) in [5.74, 6) is 0.345. The second-order valence-electron chi connectivity index (χ2n) is 5.01. The Morgan fingerprint density at radius 3 is 2.87 bits per heavy atom. The minimum absolute atomic E-state index is 0.0973. The van der Waals surface area contributed by atoms with Crippen molar-refractivity contribution in [1.29, 1.82) is 0 Å². The van der Waals surface area contributed by atoms with Gasteiger partial charge in [-0.2, -0.15) is 5.10 Å². The van der Waals surface area contributed by atoms with Gasteiger partial charge >= 0.3 is 0 Å². The minimum Gasteiger partial charge on any atom is -0.504 e. The standard InChI is InChI=1S/C18H20N2O3/c1-4-6-14-9-13(10-17(23-3)18(14)22)7-8-16(21)15-11-19-20(5-2)12-15/h4,7-12,22H,1,5-6H2,2-3H3/b8-7-. The van der Waals surface area contributed by atoms with Crippen LogP contribution in [0.4, 0.5) is 0 Å². The van der Waals surface area contributed by atoms with E-state index in [0.29, 0.717) is 23.3 Å². The molecular weight excluding hydrogens is 292 g/mol. The Kier molecular flexibility index (Phi) is 5.36. The van der Waals surface area contributed by atoms with E-state index in [-0.39, 0.29) is 11.5 Å². The molecule has 0 aliphatic rings. The fourth-order valence-electron chi connectivity index (χ4n) is 2.18. The third-order valence-electron chi connectivity index (χ3n) is 3.43. The maximum Gasteiger partial charge on any atom is 0.189 e. The monoisotopic (exact) mass is 312 g/mol. The highest BCUT2D eigenvalue weighted by molar-refractivity contribution is 6.06. The lowest BCUT2D eigenvalue weighted by Crippen LogP contribution is -1.95. The molecule has 0 aliphatic carbocycles. The SMILES string of the molecule is C=CCc1cc(/C=C\C(=O)c2cnn(CC)c2)cc(OC)c1O. The van der Waals surface area contributed by atoms with E-state index in [0.717, 1.165) is 12.1 Å². The average molecular weight is 312 g/mol. The number of carbonyl (C=O) groups excluding carboxylic acids is 1. The van der Waals surface area contributed by atoms with Crippen LogP contribution in [0.2, 0.25) is 0 Å². The molecule has 1 aromatic carbocycles. The van der Waals surface area contributed by atoms with E-state index in [1.165, 1.54) is 13.2 Å². The zero-order valence-electron chi connectivity index (χ0n) is 13.3. The van der Waals surface area contributed by atoms with Gasteiger partial charge in [-0.1, -0.05) is 12.2 Å². The van der Waals surface area contributed by atoms with Crippen LogP contribution in [0, 0.1) is 0 Å². The van der Waals surface area contributed by atoms with Crippen molar-refractivity contribution in [2.45, 2.75) is 19.9 Å². The molecule has 0 atom stereocenters. The second kappa shape index (κ2) is 7.45. The number of aromatic hydroxyl groups is 1. The maximum atomic E-state index is 12.1. The van der Waals surface area contributed by atoms with Gasteiger partial charge in [0.05, 0.1) is 18.9 Å². The summed E-state index contributed by atoms with van der Waals surface area (Å²) in [6.07, 6.45) is 8.66. The van der Waals surface area contributed by atoms with Crippen LogP contribution in [0.25, 0.3) is 6.08 Å². The van der Waals surface area contributed by atoms with E-state index in [9.17, 15) is 9.90 Å². The van der Waals surface area contributed by atoms with Gasteiger partial charge in [0.15, 0.2) is 17.3 Å². The first-order valence-corrected chi connectivity index (χ1v) is 7.34. The lowest BCUT2D eigenvalue weighted by Gasteiger charge is -2.09. The molecule has 0 unspecified atom stereocenters. The second-order valence-corrected chi connectivity index (χ2v) is 5.01. The topological polar surface area (TPSA) is 64.4 Å². The molecule has 0 fully saturated rings. The quantitative estimate of drug-likeness (QED) is 0.484. The van der Waals surface area contributed by atoms with Gasteiger partial charge in [0, 0.05) is 18.3 Å². The smallest absolute Gasteiger partial charge is 0.189 e. The molecule has 2 rings (SSSR count). The van der Waals surface area contributed by atoms with Gasteiger partial charge in [0.25, 0.3) is 0 Å². The summed E-state index contributed by atoms with van der Waals surface area (Å²) in [4.78, 5) is 12.1. The molecule has 23 heavy (non-hydrogen) atoms. The van der Waals surface area contributed by atoms with E-state index in [4.69, 9.17) is 4.74 Å². The molecular formula is C18H20N2O3. The van der Waals surface area contributed by atoms with Crippen LogP contribution in [0.15, 0.2) is 43.3 Å². The average Bonchev–Trinajstić information content (AvgIpc) is 3.04. The molecule has 0 saturated carbocycles. The fourth-order valence-corrected chi connectivity index (χ4v) is 2.18. The largest absolute Gasteiger partial charge is 0.504 e. The Morgan fingerprint density at radius 2 is 2.26 bits per heavy atom. The number of hydrogen-bond acceptors (Lipinski definition) is 4. The summed E-state index contributed by atoms with van der Waals surface area (Å²) in [5, 5.41) is 14.1. The fraction of sp³-hybridized carbons (Fsp3) is 0.222. The van der Waals surface area contributed by atoms with Gasteiger partial charge in [-0.25, -0.2) is 0 Å². The van der Waals surface area contributed by atoms with Gasteiger partial charge in [0.1, 0.15) is 0 Å². The molecule has 0 saturated heterocycles. The predicted octanol–water partition coefficient (Wildman–Crippen LogP) is 3.24. The highest BCUT2D eigenvalue weighted by Gasteiger charge is 2.09. The number of allylic oxidation sites excluding steroid dienone is 2. The zero-order valence-corrected chi connectivity index (χ0v) is 13.3. The first-order chi connectivity index (χ1) is 11.1. The molecule has 0 bridgehead atoms. The molecule has 1 heterocycles. The molecule has 5 nitrogen and oxygen atoms in total. The van der Waals surface area contributed by atoms with Gasteiger partial charge in [-0.15, -0.1) is 6.58 Å². The highest BCUT2D eigenvalue weighted by Crippen LogP contribution is 2.32. The van der Waals surface area contributed by atoms with Crippen molar-refractivity contribution < 1.29 is 14.6 Å². The number of phenols is 1. The number of ether oxygens (including phenoxy) is 1. The van der Waals surface area contributed by atoms with Crippen molar-refractivity contribution >= 4 is 11.9 Å². The maximum absolute atomic E-state index is 12.1.